The molecule has 3 heteroatoms. The highest BCUT2D eigenvalue weighted by molar-refractivity contribution is 14.1. The number of halogens is 3. The third-order valence-corrected chi connectivity index (χ3v) is 2.90. The van der Waals surface area contributed by atoms with Gasteiger partial charge in [-0.15, -0.1) is 0 Å². The summed E-state index contributed by atoms with van der Waals surface area (Å²) in [5.41, 5.74) is 1.30. The van der Waals surface area contributed by atoms with Crippen molar-refractivity contribution in [1.29, 1.82) is 0 Å². The molecule has 0 fully saturated rings. The van der Waals surface area contributed by atoms with E-state index in [2.05, 4.69) is 66.6 Å². The van der Waals surface area contributed by atoms with Crippen molar-refractivity contribution in [2.75, 3.05) is 0 Å². The van der Waals surface area contributed by atoms with Crippen LogP contribution in [0.2, 0.25) is 0 Å². The zero-order chi connectivity index (χ0) is 7.56. The van der Waals surface area contributed by atoms with E-state index in [1.54, 1.807) is 0 Å². The molecule has 0 spiro atoms. The molecular weight excluding hydrogens is 371 g/mol. The maximum absolute atomic E-state index is 3.48. The number of rotatable bonds is 1. The van der Waals surface area contributed by atoms with Gasteiger partial charge in [-0.05, 0) is 17.7 Å². The van der Waals surface area contributed by atoms with Crippen molar-refractivity contribution >= 4 is 54.5 Å². The predicted molar refractivity (Wildman–Crippen MR) is 59.8 cm³/mol. The summed E-state index contributed by atoms with van der Waals surface area (Å²) in [6.45, 7) is 0. The minimum Gasteiger partial charge on any atom is -0.0722 e. The van der Waals surface area contributed by atoms with Gasteiger partial charge in [-0.2, -0.15) is 0 Å². The van der Waals surface area contributed by atoms with Gasteiger partial charge in [-0.3, -0.25) is 0 Å². The molecule has 10 heavy (non-hydrogen) atoms. The van der Waals surface area contributed by atoms with Crippen LogP contribution in [0.4, 0.5) is 0 Å². The Labute approximate surface area is 90.8 Å². The van der Waals surface area contributed by atoms with Crippen LogP contribution < -0.4 is 0 Å². The van der Waals surface area contributed by atoms with Gasteiger partial charge in [0, 0.05) is 4.47 Å². The Kier molecular flexibility index (Phi) is 3.66. The normalized spacial score (nSPS) is 13.1. The second-order valence-electron chi connectivity index (χ2n) is 1.85. The van der Waals surface area contributed by atoms with Gasteiger partial charge >= 0.3 is 0 Å². The molecule has 0 saturated carbocycles. The lowest BCUT2D eigenvalue weighted by Crippen LogP contribution is -1.77. The first kappa shape index (κ1) is 9.00. The van der Waals surface area contributed by atoms with Crippen LogP contribution in [0.1, 0.15) is 8.40 Å². The summed E-state index contributed by atoms with van der Waals surface area (Å²) in [5, 5.41) is 0. The molecule has 0 aliphatic rings. The highest BCUT2D eigenvalue weighted by Crippen LogP contribution is 2.30. The number of benzene rings is 1. The molecule has 0 aromatic heterocycles. The van der Waals surface area contributed by atoms with Gasteiger partial charge in [0.05, 0.1) is 2.83 Å². The fourth-order valence-electron chi connectivity index (χ4n) is 0.608. The minimum atomic E-state index is 0.415. The highest BCUT2D eigenvalue weighted by Gasteiger charge is 1.99. The van der Waals surface area contributed by atoms with Gasteiger partial charge in [0.15, 0.2) is 0 Å². The van der Waals surface area contributed by atoms with Crippen LogP contribution in [0.3, 0.4) is 0 Å². The molecule has 0 heterocycles. The average Bonchev–Trinajstić information content (AvgIpc) is 1.88. The van der Waals surface area contributed by atoms with Gasteiger partial charge < -0.3 is 0 Å². The van der Waals surface area contributed by atoms with Gasteiger partial charge in [0.2, 0.25) is 0 Å². The quantitative estimate of drug-likeness (QED) is 0.508. The maximum Gasteiger partial charge on any atom is 0.0910 e. The summed E-state index contributed by atoms with van der Waals surface area (Å²) in [7, 11) is 0. The Morgan fingerprint density at radius 2 is 1.70 bits per heavy atom. The molecule has 0 aliphatic carbocycles. The molecule has 1 unspecified atom stereocenters. The van der Waals surface area contributed by atoms with Crippen molar-refractivity contribution in [1.82, 2.24) is 0 Å². The van der Waals surface area contributed by atoms with E-state index < -0.39 is 0 Å². The first-order valence-electron chi connectivity index (χ1n) is 2.74. The Morgan fingerprint density at radius 3 is 2.10 bits per heavy atom. The van der Waals surface area contributed by atoms with Crippen molar-refractivity contribution in [2.45, 2.75) is 2.83 Å². The molecule has 1 rings (SSSR count). The largest absolute Gasteiger partial charge is 0.0910 e. The van der Waals surface area contributed by atoms with Crippen LogP contribution in [-0.4, -0.2) is 0 Å². The van der Waals surface area contributed by atoms with E-state index in [-0.39, 0.29) is 0 Å². The van der Waals surface area contributed by atoms with E-state index in [4.69, 9.17) is 0 Å². The Hall–Kier alpha value is 0.910. The molecular formula is C7H5Br2I. The molecule has 0 aliphatic heterocycles. The molecule has 1 aromatic rings. The Morgan fingerprint density at radius 1 is 1.20 bits per heavy atom. The lowest BCUT2D eigenvalue weighted by atomic mass is 10.2. The molecule has 54 valence electrons. The van der Waals surface area contributed by atoms with Crippen molar-refractivity contribution in [3.05, 3.63) is 34.3 Å². The molecule has 0 amide bonds. The van der Waals surface area contributed by atoms with Crippen molar-refractivity contribution < 1.29 is 0 Å². The van der Waals surface area contributed by atoms with Crippen LogP contribution in [0.5, 0.6) is 0 Å². The summed E-state index contributed by atoms with van der Waals surface area (Å²) < 4.78 is 1.54. The van der Waals surface area contributed by atoms with Gasteiger partial charge in [-0.25, -0.2) is 0 Å². The van der Waals surface area contributed by atoms with Crippen LogP contribution in [0.15, 0.2) is 28.7 Å². The minimum absolute atomic E-state index is 0.415. The van der Waals surface area contributed by atoms with Crippen molar-refractivity contribution in [3.63, 3.8) is 0 Å². The van der Waals surface area contributed by atoms with Crippen LogP contribution in [0.25, 0.3) is 0 Å². The zero-order valence-corrected chi connectivity index (χ0v) is 10.4. The molecule has 0 nitrogen and oxygen atoms in total. The standard InChI is InChI=1S/C7H5Br2I/c8-6-3-1-5(2-4-6)7(9)10/h1-4,7H. The van der Waals surface area contributed by atoms with Gasteiger partial charge in [-0.1, -0.05) is 66.6 Å². The van der Waals surface area contributed by atoms with E-state index in [0.29, 0.717) is 2.83 Å². The SMILES string of the molecule is Brc1ccc(C(Br)I)cc1. The molecule has 0 saturated heterocycles. The highest BCUT2D eigenvalue weighted by atomic mass is 127. The number of hydrogen-bond donors (Lipinski definition) is 0. The van der Waals surface area contributed by atoms with E-state index in [1.807, 2.05) is 12.1 Å². The fourth-order valence-corrected chi connectivity index (χ4v) is 1.59. The number of hydrogen-bond acceptors (Lipinski definition) is 0. The van der Waals surface area contributed by atoms with Gasteiger partial charge in [0.1, 0.15) is 0 Å². The summed E-state index contributed by atoms with van der Waals surface area (Å²) >= 11 is 9.18. The molecule has 1 atom stereocenters. The zero-order valence-electron chi connectivity index (χ0n) is 5.02. The second-order valence-corrected chi connectivity index (χ2v) is 6.64. The van der Waals surface area contributed by atoms with Crippen molar-refractivity contribution in [3.8, 4) is 0 Å². The first-order chi connectivity index (χ1) is 4.70. The summed E-state index contributed by atoms with van der Waals surface area (Å²) in [5.74, 6) is 0. The van der Waals surface area contributed by atoms with E-state index in [0.717, 1.165) is 4.47 Å². The Bertz CT molecular complexity index is 205. The lowest BCUT2D eigenvalue weighted by molar-refractivity contribution is 1.43. The molecule has 1 aromatic carbocycles. The summed E-state index contributed by atoms with van der Waals surface area (Å²) in [6.07, 6.45) is 0. The van der Waals surface area contributed by atoms with E-state index >= 15 is 0 Å². The predicted octanol–water partition coefficient (Wildman–Crippen LogP) is 4.28. The van der Waals surface area contributed by atoms with E-state index in [9.17, 15) is 0 Å². The molecule has 0 radical (unpaired) electrons. The van der Waals surface area contributed by atoms with Crippen molar-refractivity contribution in [2.24, 2.45) is 0 Å². The lowest BCUT2D eigenvalue weighted by Gasteiger charge is -1.99. The summed E-state index contributed by atoms with van der Waals surface area (Å²) in [4.78, 5) is 0. The summed E-state index contributed by atoms with van der Waals surface area (Å²) in [6, 6.07) is 8.27. The Balaban J connectivity index is 2.89. The average molecular weight is 376 g/mol. The molecule has 0 bridgehead atoms. The smallest absolute Gasteiger partial charge is 0.0722 e. The monoisotopic (exact) mass is 374 g/mol. The molecule has 0 N–H and O–H groups in total. The third-order valence-electron chi connectivity index (χ3n) is 1.12. The van der Waals surface area contributed by atoms with E-state index in [1.165, 1.54) is 5.56 Å². The van der Waals surface area contributed by atoms with Crippen LogP contribution >= 0.6 is 54.5 Å². The van der Waals surface area contributed by atoms with Gasteiger partial charge in [0.25, 0.3) is 0 Å². The maximum atomic E-state index is 3.48. The number of alkyl halides is 2. The first-order valence-corrected chi connectivity index (χ1v) is 5.69. The fraction of sp³-hybridized carbons (Fsp3) is 0.143. The van der Waals surface area contributed by atoms with Crippen LogP contribution in [0, 0.1) is 0 Å². The second kappa shape index (κ2) is 4.07. The topological polar surface area (TPSA) is 0 Å². The van der Waals surface area contributed by atoms with Crippen LogP contribution in [-0.2, 0) is 0 Å². The third kappa shape index (κ3) is 2.51.